The summed E-state index contributed by atoms with van der Waals surface area (Å²) in [5.41, 5.74) is 0.549. The number of hydrogen-bond acceptors (Lipinski definition) is 2. The zero-order chi connectivity index (χ0) is 11.7. The van der Waals surface area contributed by atoms with Gasteiger partial charge in [-0.05, 0) is 58.7 Å². The Bertz CT molecular complexity index is 258. The minimum absolute atomic E-state index is 0.549. The van der Waals surface area contributed by atoms with Gasteiger partial charge in [-0.15, -0.1) is 0 Å². The van der Waals surface area contributed by atoms with Crippen molar-refractivity contribution < 1.29 is 0 Å². The van der Waals surface area contributed by atoms with Crippen molar-refractivity contribution >= 4 is 0 Å². The minimum Gasteiger partial charge on any atom is -0.299 e. The number of piperidine rings is 1. The quantitative estimate of drug-likeness (QED) is 0.691. The zero-order valence-corrected chi connectivity index (χ0v) is 11.5. The molecule has 2 saturated heterocycles. The van der Waals surface area contributed by atoms with E-state index < -0.39 is 0 Å². The van der Waals surface area contributed by atoms with Crippen molar-refractivity contribution in [2.24, 2.45) is 0 Å². The Balaban J connectivity index is 1.69. The topological polar surface area (TPSA) is 6.48 Å². The molecule has 0 aromatic carbocycles. The van der Waals surface area contributed by atoms with Crippen molar-refractivity contribution in [3.8, 4) is 0 Å². The van der Waals surface area contributed by atoms with Crippen molar-refractivity contribution in [2.75, 3.05) is 26.2 Å². The highest BCUT2D eigenvalue weighted by Gasteiger charge is 2.38. The second kappa shape index (κ2) is 4.89. The van der Waals surface area contributed by atoms with E-state index in [2.05, 4.69) is 16.7 Å². The van der Waals surface area contributed by atoms with E-state index in [0.717, 1.165) is 6.04 Å². The summed E-state index contributed by atoms with van der Waals surface area (Å²) in [7, 11) is 0. The summed E-state index contributed by atoms with van der Waals surface area (Å²) in [4.78, 5) is 5.64. The first-order valence-corrected chi connectivity index (χ1v) is 7.77. The van der Waals surface area contributed by atoms with Gasteiger partial charge in [-0.2, -0.15) is 0 Å². The number of hydrogen-bond donors (Lipinski definition) is 0. The van der Waals surface area contributed by atoms with Gasteiger partial charge in [0, 0.05) is 18.1 Å². The molecule has 0 amide bonds. The second-order valence-electron chi connectivity index (χ2n) is 6.69. The van der Waals surface area contributed by atoms with Crippen LogP contribution in [-0.2, 0) is 0 Å². The molecule has 0 N–H and O–H groups in total. The van der Waals surface area contributed by atoms with E-state index in [-0.39, 0.29) is 0 Å². The van der Waals surface area contributed by atoms with Crippen LogP contribution < -0.4 is 0 Å². The maximum atomic E-state index is 2.86. The molecule has 0 aromatic rings. The van der Waals surface area contributed by atoms with E-state index >= 15 is 0 Å². The third-order valence-electron chi connectivity index (χ3n) is 5.50. The Kier molecular flexibility index (Phi) is 3.45. The molecular weight excluding hydrogens is 208 g/mol. The summed E-state index contributed by atoms with van der Waals surface area (Å²) in [5, 5.41) is 0. The first-order chi connectivity index (χ1) is 8.28. The largest absolute Gasteiger partial charge is 0.299 e. The number of rotatable bonds is 1. The van der Waals surface area contributed by atoms with E-state index in [0.29, 0.717) is 5.54 Å². The summed E-state index contributed by atoms with van der Waals surface area (Å²) in [6.07, 6.45) is 11.6. The van der Waals surface area contributed by atoms with Gasteiger partial charge in [0.1, 0.15) is 0 Å². The fraction of sp³-hybridized carbons (Fsp3) is 1.00. The van der Waals surface area contributed by atoms with Crippen LogP contribution in [0.4, 0.5) is 0 Å². The van der Waals surface area contributed by atoms with Gasteiger partial charge in [0.05, 0.1) is 0 Å². The van der Waals surface area contributed by atoms with Gasteiger partial charge in [-0.3, -0.25) is 9.80 Å². The van der Waals surface area contributed by atoms with Crippen molar-refractivity contribution in [2.45, 2.75) is 69.9 Å². The Labute approximate surface area is 106 Å². The van der Waals surface area contributed by atoms with Crippen LogP contribution in [0.25, 0.3) is 0 Å². The standard InChI is InChI=1S/C15H28N2/c1-15(8-3-4-9-15)17-12-6-11-16-10-5-2-7-14(16)13-17/h14H,2-13H2,1H3. The van der Waals surface area contributed by atoms with Gasteiger partial charge in [0.25, 0.3) is 0 Å². The molecule has 3 fully saturated rings. The lowest BCUT2D eigenvalue weighted by Crippen LogP contribution is -2.50. The molecule has 1 aliphatic carbocycles. The fourth-order valence-corrected chi connectivity index (χ4v) is 4.31. The maximum absolute atomic E-state index is 2.86. The van der Waals surface area contributed by atoms with Crippen molar-refractivity contribution in [1.82, 2.24) is 9.80 Å². The van der Waals surface area contributed by atoms with Crippen LogP contribution in [0.2, 0.25) is 0 Å². The molecule has 17 heavy (non-hydrogen) atoms. The molecule has 1 saturated carbocycles. The first-order valence-electron chi connectivity index (χ1n) is 7.77. The third-order valence-corrected chi connectivity index (χ3v) is 5.50. The second-order valence-corrected chi connectivity index (χ2v) is 6.69. The summed E-state index contributed by atoms with van der Waals surface area (Å²) >= 11 is 0. The van der Waals surface area contributed by atoms with E-state index in [1.807, 2.05) is 0 Å². The number of fused-ring (bicyclic) bond motifs is 1. The lowest BCUT2D eigenvalue weighted by atomic mass is 9.95. The van der Waals surface area contributed by atoms with E-state index in [1.54, 1.807) is 0 Å². The van der Waals surface area contributed by atoms with E-state index in [4.69, 9.17) is 0 Å². The molecule has 0 spiro atoms. The maximum Gasteiger partial charge on any atom is 0.0223 e. The van der Waals surface area contributed by atoms with Gasteiger partial charge in [-0.1, -0.05) is 19.3 Å². The van der Waals surface area contributed by atoms with Gasteiger partial charge >= 0.3 is 0 Å². The average molecular weight is 236 g/mol. The van der Waals surface area contributed by atoms with Crippen molar-refractivity contribution in [1.29, 1.82) is 0 Å². The minimum atomic E-state index is 0.549. The van der Waals surface area contributed by atoms with Gasteiger partial charge in [0.15, 0.2) is 0 Å². The Morgan fingerprint density at radius 1 is 0.882 bits per heavy atom. The van der Waals surface area contributed by atoms with Crippen LogP contribution in [0.15, 0.2) is 0 Å². The molecule has 3 rings (SSSR count). The van der Waals surface area contributed by atoms with E-state index in [9.17, 15) is 0 Å². The predicted molar refractivity (Wildman–Crippen MR) is 72.3 cm³/mol. The molecule has 2 nitrogen and oxygen atoms in total. The van der Waals surface area contributed by atoms with Gasteiger partial charge in [-0.25, -0.2) is 0 Å². The summed E-state index contributed by atoms with van der Waals surface area (Å²) < 4.78 is 0. The summed E-state index contributed by atoms with van der Waals surface area (Å²) in [6.45, 7) is 7.96. The molecule has 3 aliphatic rings. The normalized spacial score (nSPS) is 35.5. The highest BCUT2D eigenvalue weighted by Crippen LogP contribution is 2.36. The molecule has 98 valence electrons. The molecule has 1 unspecified atom stereocenters. The van der Waals surface area contributed by atoms with Crippen molar-refractivity contribution in [3.05, 3.63) is 0 Å². The molecule has 0 radical (unpaired) electrons. The van der Waals surface area contributed by atoms with E-state index in [1.165, 1.54) is 77.5 Å². The monoisotopic (exact) mass is 236 g/mol. The molecule has 0 aromatic heterocycles. The van der Waals surface area contributed by atoms with Gasteiger partial charge in [0.2, 0.25) is 0 Å². The molecule has 0 bridgehead atoms. The average Bonchev–Trinajstić information content (AvgIpc) is 2.66. The fourth-order valence-electron chi connectivity index (χ4n) is 4.31. The number of nitrogens with zero attached hydrogens (tertiary/aromatic N) is 2. The summed E-state index contributed by atoms with van der Waals surface area (Å²) in [5.74, 6) is 0. The van der Waals surface area contributed by atoms with Crippen molar-refractivity contribution in [3.63, 3.8) is 0 Å². The smallest absolute Gasteiger partial charge is 0.0223 e. The van der Waals surface area contributed by atoms with Crippen LogP contribution in [0, 0.1) is 0 Å². The predicted octanol–water partition coefficient (Wildman–Crippen LogP) is 2.88. The van der Waals surface area contributed by atoms with Crippen LogP contribution in [0.5, 0.6) is 0 Å². The summed E-state index contributed by atoms with van der Waals surface area (Å²) in [6, 6.07) is 0.878. The molecule has 1 atom stereocenters. The van der Waals surface area contributed by atoms with Crippen LogP contribution in [-0.4, -0.2) is 47.6 Å². The van der Waals surface area contributed by atoms with Gasteiger partial charge < -0.3 is 0 Å². The highest BCUT2D eigenvalue weighted by atomic mass is 15.3. The highest BCUT2D eigenvalue weighted by molar-refractivity contribution is 4.94. The third kappa shape index (κ3) is 2.39. The molecule has 2 heteroatoms. The SMILES string of the molecule is CC1(N2CCCN3CCCCC3C2)CCCC1. The Morgan fingerprint density at radius 3 is 2.47 bits per heavy atom. The Hall–Kier alpha value is -0.0800. The molecule has 2 heterocycles. The molecule has 2 aliphatic heterocycles. The van der Waals surface area contributed by atoms with Crippen LogP contribution in [0.3, 0.4) is 0 Å². The molecular formula is C15H28N2. The Morgan fingerprint density at radius 2 is 1.65 bits per heavy atom. The van der Waals surface area contributed by atoms with Crippen LogP contribution >= 0.6 is 0 Å². The lowest BCUT2D eigenvalue weighted by Gasteiger charge is -2.41. The zero-order valence-electron chi connectivity index (χ0n) is 11.5. The lowest BCUT2D eigenvalue weighted by molar-refractivity contribution is 0.0767. The first kappa shape index (κ1) is 12.0. The van der Waals surface area contributed by atoms with Crippen LogP contribution in [0.1, 0.15) is 58.3 Å².